The minimum absolute atomic E-state index is 0.00936. The van der Waals surface area contributed by atoms with Gasteiger partial charge in [-0.2, -0.15) is 0 Å². The Balaban J connectivity index is 2.71. The summed E-state index contributed by atoms with van der Waals surface area (Å²) in [6.45, 7) is 8.36. The lowest BCUT2D eigenvalue weighted by atomic mass is 10.1. The third-order valence-electron chi connectivity index (χ3n) is 2.77. The molecule has 0 bridgehead atoms. The molecule has 17 heavy (non-hydrogen) atoms. The number of para-hydroxylation sites is 1. The molecule has 1 aromatic rings. The second-order valence-corrected chi connectivity index (χ2v) is 4.13. The molecule has 0 aliphatic heterocycles. The van der Waals surface area contributed by atoms with Gasteiger partial charge in [0, 0.05) is 24.7 Å². The molecule has 3 heteroatoms. The van der Waals surface area contributed by atoms with Crippen molar-refractivity contribution in [2.75, 3.05) is 24.5 Å². The number of hydrogen-bond acceptors (Lipinski definition) is 2. The highest BCUT2D eigenvalue weighted by Crippen LogP contribution is 2.15. The second kappa shape index (κ2) is 7.07. The summed E-state index contributed by atoms with van der Waals surface area (Å²) in [6, 6.07) is 9.83. The van der Waals surface area contributed by atoms with Gasteiger partial charge in [-0.1, -0.05) is 32.0 Å². The van der Waals surface area contributed by atoms with Gasteiger partial charge in [-0.15, -0.1) is 0 Å². The molecule has 1 aromatic carbocycles. The van der Waals surface area contributed by atoms with E-state index < -0.39 is 0 Å². The predicted octanol–water partition coefficient (Wildman–Crippen LogP) is 2.29. The Kier molecular flexibility index (Phi) is 5.70. The lowest BCUT2D eigenvalue weighted by Crippen LogP contribution is -2.39. The largest absolute Gasteiger partial charge is 0.316 e. The Morgan fingerprint density at radius 2 is 1.94 bits per heavy atom. The topological polar surface area (TPSA) is 32.3 Å². The molecule has 3 nitrogen and oxygen atoms in total. The van der Waals surface area contributed by atoms with E-state index in [0.29, 0.717) is 6.54 Å². The summed E-state index contributed by atoms with van der Waals surface area (Å²) in [5.74, 6) is 0.190. The molecule has 0 aliphatic carbocycles. The Morgan fingerprint density at radius 1 is 1.29 bits per heavy atom. The number of anilines is 1. The minimum Gasteiger partial charge on any atom is -0.316 e. The molecule has 1 unspecified atom stereocenters. The standard InChI is InChI=1S/C14H22N2O/c1-4-15-11-12(3)14(17)16(5-2)13-9-7-6-8-10-13/h6-10,12,15H,4-5,11H2,1-3H3. The van der Waals surface area contributed by atoms with Crippen molar-refractivity contribution < 1.29 is 4.79 Å². The van der Waals surface area contributed by atoms with Crippen LogP contribution in [0.4, 0.5) is 5.69 Å². The number of amides is 1. The fourth-order valence-corrected chi connectivity index (χ4v) is 1.79. The van der Waals surface area contributed by atoms with Crippen molar-refractivity contribution in [2.45, 2.75) is 20.8 Å². The van der Waals surface area contributed by atoms with Crippen LogP contribution in [-0.4, -0.2) is 25.5 Å². The molecular formula is C14H22N2O. The smallest absolute Gasteiger partial charge is 0.231 e. The fraction of sp³-hybridized carbons (Fsp3) is 0.500. The van der Waals surface area contributed by atoms with Crippen molar-refractivity contribution in [3.8, 4) is 0 Å². The molecule has 1 atom stereocenters. The van der Waals surface area contributed by atoms with Gasteiger partial charge in [0.25, 0.3) is 0 Å². The van der Waals surface area contributed by atoms with E-state index in [1.54, 1.807) is 0 Å². The highest BCUT2D eigenvalue weighted by atomic mass is 16.2. The summed E-state index contributed by atoms with van der Waals surface area (Å²) in [6.07, 6.45) is 0. The zero-order valence-corrected chi connectivity index (χ0v) is 10.9. The summed E-state index contributed by atoms with van der Waals surface area (Å²) < 4.78 is 0. The van der Waals surface area contributed by atoms with Crippen LogP contribution in [0.15, 0.2) is 30.3 Å². The highest BCUT2D eigenvalue weighted by Gasteiger charge is 2.19. The number of carbonyl (C=O) groups excluding carboxylic acids is 1. The maximum atomic E-state index is 12.3. The van der Waals surface area contributed by atoms with Gasteiger partial charge in [-0.3, -0.25) is 4.79 Å². The van der Waals surface area contributed by atoms with Gasteiger partial charge in [0.2, 0.25) is 5.91 Å². The lowest BCUT2D eigenvalue weighted by Gasteiger charge is -2.24. The Labute approximate surface area is 104 Å². The summed E-state index contributed by atoms with van der Waals surface area (Å²) >= 11 is 0. The maximum Gasteiger partial charge on any atom is 0.231 e. The quantitative estimate of drug-likeness (QED) is 0.819. The molecule has 1 rings (SSSR count). The Hall–Kier alpha value is -1.35. The van der Waals surface area contributed by atoms with E-state index in [1.165, 1.54) is 0 Å². The number of rotatable bonds is 6. The number of benzene rings is 1. The normalized spacial score (nSPS) is 12.2. The number of hydrogen-bond donors (Lipinski definition) is 1. The van der Waals surface area contributed by atoms with Crippen LogP contribution in [0, 0.1) is 5.92 Å². The van der Waals surface area contributed by atoms with Crippen molar-refractivity contribution >= 4 is 11.6 Å². The van der Waals surface area contributed by atoms with Crippen molar-refractivity contribution in [2.24, 2.45) is 5.92 Å². The fourth-order valence-electron chi connectivity index (χ4n) is 1.79. The molecule has 94 valence electrons. The first-order valence-corrected chi connectivity index (χ1v) is 6.27. The van der Waals surface area contributed by atoms with Crippen LogP contribution in [0.1, 0.15) is 20.8 Å². The third-order valence-corrected chi connectivity index (χ3v) is 2.77. The van der Waals surface area contributed by atoms with Gasteiger partial charge >= 0.3 is 0 Å². The van der Waals surface area contributed by atoms with Crippen LogP contribution < -0.4 is 10.2 Å². The molecule has 0 saturated carbocycles. The summed E-state index contributed by atoms with van der Waals surface area (Å²) in [4.78, 5) is 14.1. The van der Waals surface area contributed by atoms with Crippen LogP contribution >= 0.6 is 0 Å². The van der Waals surface area contributed by atoms with Gasteiger partial charge < -0.3 is 10.2 Å². The monoisotopic (exact) mass is 234 g/mol. The van der Waals surface area contributed by atoms with Gasteiger partial charge in [0.1, 0.15) is 0 Å². The van der Waals surface area contributed by atoms with Crippen molar-refractivity contribution in [1.29, 1.82) is 0 Å². The molecule has 1 N–H and O–H groups in total. The molecule has 0 radical (unpaired) electrons. The number of nitrogens with zero attached hydrogens (tertiary/aromatic N) is 1. The van der Waals surface area contributed by atoms with Gasteiger partial charge in [-0.25, -0.2) is 0 Å². The lowest BCUT2D eigenvalue weighted by molar-refractivity contribution is -0.121. The first kappa shape index (κ1) is 13.7. The summed E-state index contributed by atoms with van der Waals surface area (Å²) in [5, 5.41) is 3.21. The van der Waals surface area contributed by atoms with E-state index in [2.05, 4.69) is 5.32 Å². The van der Waals surface area contributed by atoms with E-state index in [0.717, 1.165) is 18.8 Å². The molecular weight excluding hydrogens is 212 g/mol. The molecule has 0 aliphatic rings. The van der Waals surface area contributed by atoms with Crippen molar-refractivity contribution in [3.63, 3.8) is 0 Å². The Morgan fingerprint density at radius 3 is 2.47 bits per heavy atom. The summed E-state index contributed by atoms with van der Waals surface area (Å²) in [5.41, 5.74) is 0.975. The van der Waals surface area contributed by atoms with Crippen LogP contribution in [0.25, 0.3) is 0 Å². The number of nitrogens with one attached hydrogen (secondary N) is 1. The van der Waals surface area contributed by atoms with Crippen LogP contribution in [0.3, 0.4) is 0 Å². The highest BCUT2D eigenvalue weighted by molar-refractivity contribution is 5.94. The SMILES string of the molecule is CCNCC(C)C(=O)N(CC)c1ccccc1. The van der Waals surface area contributed by atoms with E-state index in [4.69, 9.17) is 0 Å². The van der Waals surface area contributed by atoms with E-state index in [9.17, 15) is 4.79 Å². The van der Waals surface area contributed by atoms with Crippen LogP contribution in [-0.2, 0) is 4.79 Å². The van der Waals surface area contributed by atoms with Crippen LogP contribution in [0.2, 0.25) is 0 Å². The zero-order chi connectivity index (χ0) is 12.7. The van der Waals surface area contributed by atoms with Gasteiger partial charge in [0.05, 0.1) is 0 Å². The van der Waals surface area contributed by atoms with E-state index in [1.807, 2.05) is 56.0 Å². The molecule has 0 fully saturated rings. The molecule has 1 amide bonds. The first-order valence-electron chi connectivity index (χ1n) is 6.27. The summed E-state index contributed by atoms with van der Waals surface area (Å²) in [7, 11) is 0. The van der Waals surface area contributed by atoms with Crippen molar-refractivity contribution in [1.82, 2.24) is 5.32 Å². The van der Waals surface area contributed by atoms with Crippen molar-refractivity contribution in [3.05, 3.63) is 30.3 Å². The second-order valence-electron chi connectivity index (χ2n) is 4.13. The molecule has 0 saturated heterocycles. The maximum absolute atomic E-state index is 12.3. The van der Waals surface area contributed by atoms with Gasteiger partial charge in [-0.05, 0) is 25.6 Å². The molecule has 0 spiro atoms. The van der Waals surface area contributed by atoms with Crippen LogP contribution in [0.5, 0.6) is 0 Å². The molecule has 0 aromatic heterocycles. The first-order chi connectivity index (χ1) is 8.20. The Bertz CT molecular complexity index is 337. The average Bonchev–Trinajstić information content (AvgIpc) is 2.38. The zero-order valence-electron chi connectivity index (χ0n) is 10.9. The number of carbonyl (C=O) groups is 1. The minimum atomic E-state index is 0.00936. The predicted molar refractivity (Wildman–Crippen MR) is 72.2 cm³/mol. The van der Waals surface area contributed by atoms with E-state index >= 15 is 0 Å². The average molecular weight is 234 g/mol. The molecule has 0 heterocycles. The van der Waals surface area contributed by atoms with E-state index in [-0.39, 0.29) is 11.8 Å². The third kappa shape index (κ3) is 3.86. The van der Waals surface area contributed by atoms with Gasteiger partial charge in [0.15, 0.2) is 0 Å².